The van der Waals surface area contributed by atoms with Gasteiger partial charge in [-0.05, 0) is 30.2 Å². The number of halogens is 1. The molecule has 18 heavy (non-hydrogen) atoms. The zero-order valence-corrected chi connectivity index (χ0v) is 10.9. The summed E-state index contributed by atoms with van der Waals surface area (Å²) in [6.07, 6.45) is 2.28. The zero-order chi connectivity index (χ0) is 13.2. The van der Waals surface area contributed by atoms with Gasteiger partial charge in [0.25, 0.3) is 0 Å². The molecule has 0 amide bonds. The van der Waals surface area contributed by atoms with Gasteiger partial charge in [-0.3, -0.25) is 0 Å². The lowest BCUT2D eigenvalue weighted by Crippen LogP contribution is -2.36. The zero-order valence-electron chi connectivity index (χ0n) is 10.2. The lowest BCUT2D eigenvalue weighted by atomic mass is 9.80. The van der Waals surface area contributed by atoms with E-state index in [0.717, 1.165) is 10.4 Å². The molecule has 1 aromatic carbocycles. The Morgan fingerprint density at radius 3 is 2.50 bits per heavy atom. The van der Waals surface area contributed by atoms with Crippen molar-refractivity contribution in [3.8, 4) is 0 Å². The highest BCUT2D eigenvalue weighted by Crippen LogP contribution is 2.27. The molecule has 0 saturated carbocycles. The van der Waals surface area contributed by atoms with Gasteiger partial charge in [0.1, 0.15) is 0 Å². The Morgan fingerprint density at radius 1 is 1.33 bits per heavy atom. The Labute approximate surface area is 111 Å². The summed E-state index contributed by atoms with van der Waals surface area (Å²) in [6.45, 7) is 2.42. The van der Waals surface area contributed by atoms with E-state index in [-0.39, 0.29) is 5.41 Å². The number of benzene rings is 1. The van der Waals surface area contributed by atoms with Crippen molar-refractivity contribution in [2.24, 2.45) is 5.73 Å². The summed E-state index contributed by atoms with van der Waals surface area (Å²) in [5, 5.41) is 14.2. The van der Waals surface area contributed by atoms with E-state index in [1.54, 1.807) is 12.3 Å². The number of rotatable bonds is 4. The fraction of sp³-hybridized carbons (Fsp3) is 0.308. The standard InChI is InChI=1S/C13H16ClN3O/c1-13(9-15,12-6-7-16-17(12)18)8-10-2-4-11(14)5-3-10/h2-7,18H,8-9,15H2,1H3. The third kappa shape index (κ3) is 2.49. The molecule has 1 aromatic heterocycles. The molecule has 96 valence electrons. The maximum absolute atomic E-state index is 9.67. The van der Waals surface area contributed by atoms with Crippen molar-refractivity contribution in [3.05, 3.63) is 52.8 Å². The lowest BCUT2D eigenvalue weighted by Gasteiger charge is -2.27. The van der Waals surface area contributed by atoms with Gasteiger partial charge in [-0.2, -0.15) is 0 Å². The van der Waals surface area contributed by atoms with Crippen LogP contribution in [-0.4, -0.2) is 21.7 Å². The molecule has 0 spiro atoms. The molecule has 1 unspecified atom stereocenters. The van der Waals surface area contributed by atoms with Crippen LogP contribution in [0.5, 0.6) is 0 Å². The second-order valence-electron chi connectivity index (χ2n) is 4.67. The van der Waals surface area contributed by atoms with E-state index >= 15 is 0 Å². The normalized spacial score (nSPS) is 14.4. The van der Waals surface area contributed by atoms with Gasteiger partial charge < -0.3 is 10.9 Å². The molecule has 2 aromatic rings. The van der Waals surface area contributed by atoms with E-state index in [9.17, 15) is 5.21 Å². The van der Waals surface area contributed by atoms with Gasteiger partial charge in [0.15, 0.2) is 0 Å². The van der Waals surface area contributed by atoms with E-state index in [2.05, 4.69) is 5.10 Å². The second-order valence-corrected chi connectivity index (χ2v) is 5.11. The van der Waals surface area contributed by atoms with Crippen LogP contribution in [0.4, 0.5) is 0 Å². The van der Waals surface area contributed by atoms with Gasteiger partial charge in [-0.25, -0.2) is 0 Å². The van der Waals surface area contributed by atoms with E-state index in [1.807, 2.05) is 31.2 Å². The van der Waals surface area contributed by atoms with E-state index in [1.165, 1.54) is 0 Å². The maximum atomic E-state index is 9.67. The first kappa shape index (κ1) is 12.9. The van der Waals surface area contributed by atoms with E-state index < -0.39 is 0 Å². The molecule has 2 rings (SSSR count). The van der Waals surface area contributed by atoms with Gasteiger partial charge in [0, 0.05) is 17.0 Å². The molecular weight excluding hydrogens is 250 g/mol. The highest BCUT2D eigenvalue weighted by molar-refractivity contribution is 6.30. The fourth-order valence-corrected chi connectivity index (χ4v) is 2.18. The first-order valence-corrected chi connectivity index (χ1v) is 6.11. The van der Waals surface area contributed by atoms with Crippen LogP contribution in [0.2, 0.25) is 5.02 Å². The molecule has 0 aliphatic carbocycles. The average molecular weight is 266 g/mol. The quantitative estimate of drug-likeness (QED) is 0.834. The summed E-state index contributed by atoms with van der Waals surface area (Å²) in [4.78, 5) is 0.892. The monoisotopic (exact) mass is 265 g/mol. The highest BCUT2D eigenvalue weighted by Gasteiger charge is 2.29. The molecule has 1 heterocycles. The number of hydrogen-bond acceptors (Lipinski definition) is 3. The SMILES string of the molecule is CC(CN)(Cc1ccc(Cl)cc1)c1ccnn1O. The van der Waals surface area contributed by atoms with Crippen LogP contribution >= 0.6 is 11.6 Å². The Kier molecular flexibility index (Phi) is 3.59. The van der Waals surface area contributed by atoms with Crippen molar-refractivity contribution in [2.45, 2.75) is 18.8 Å². The van der Waals surface area contributed by atoms with Crippen LogP contribution in [-0.2, 0) is 11.8 Å². The molecule has 5 heteroatoms. The fourth-order valence-electron chi connectivity index (χ4n) is 2.06. The summed E-state index contributed by atoms with van der Waals surface area (Å²) >= 11 is 5.86. The molecule has 0 aliphatic heterocycles. The van der Waals surface area contributed by atoms with Gasteiger partial charge in [0.2, 0.25) is 0 Å². The molecule has 0 radical (unpaired) electrons. The first-order chi connectivity index (χ1) is 8.55. The average Bonchev–Trinajstić information content (AvgIpc) is 2.79. The van der Waals surface area contributed by atoms with Gasteiger partial charge in [0.05, 0.1) is 11.9 Å². The van der Waals surface area contributed by atoms with Crippen molar-refractivity contribution < 1.29 is 5.21 Å². The first-order valence-electron chi connectivity index (χ1n) is 5.73. The third-order valence-corrected chi connectivity index (χ3v) is 3.45. The number of hydrogen-bond donors (Lipinski definition) is 2. The molecule has 0 saturated heterocycles. The minimum atomic E-state index is -0.362. The molecule has 4 nitrogen and oxygen atoms in total. The predicted molar refractivity (Wildman–Crippen MR) is 71.0 cm³/mol. The summed E-state index contributed by atoms with van der Waals surface area (Å²) in [5.41, 5.74) is 7.33. The minimum Gasteiger partial charge on any atom is -0.411 e. The van der Waals surface area contributed by atoms with Crippen LogP contribution in [0.1, 0.15) is 18.2 Å². The topological polar surface area (TPSA) is 64.1 Å². The van der Waals surface area contributed by atoms with Crippen molar-refractivity contribution in [1.82, 2.24) is 9.94 Å². The Morgan fingerprint density at radius 2 is 2.00 bits per heavy atom. The Bertz CT molecular complexity index is 523. The van der Waals surface area contributed by atoms with Crippen LogP contribution in [0.3, 0.4) is 0 Å². The van der Waals surface area contributed by atoms with E-state index in [0.29, 0.717) is 23.7 Å². The molecular formula is C13H16ClN3O. The van der Waals surface area contributed by atoms with Crippen molar-refractivity contribution in [3.63, 3.8) is 0 Å². The van der Waals surface area contributed by atoms with Gasteiger partial charge >= 0.3 is 0 Å². The van der Waals surface area contributed by atoms with E-state index in [4.69, 9.17) is 17.3 Å². The third-order valence-electron chi connectivity index (χ3n) is 3.20. The largest absolute Gasteiger partial charge is 0.411 e. The molecule has 3 N–H and O–H groups in total. The number of nitrogens with two attached hydrogens (primary N) is 1. The van der Waals surface area contributed by atoms with Crippen molar-refractivity contribution in [1.29, 1.82) is 0 Å². The number of aromatic nitrogens is 2. The second kappa shape index (κ2) is 5.00. The molecule has 1 atom stereocenters. The number of nitrogens with zero attached hydrogens (tertiary/aromatic N) is 2. The minimum absolute atomic E-state index is 0.362. The van der Waals surface area contributed by atoms with Gasteiger partial charge in [-0.1, -0.05) is 30.7 Å². The Balaban J connectivity index is 2.28. The van der Waals surface area contributed by atoms with Crippen LogP contribution < -0.4 is 5.73 Å². The van der Waals surface area contributed by atoms with Crippen LogP contribution in [0.25, 0.3) is 0 Å². The summed E-state index contributed by atoms with van der Waals surface area (Å²) in [7, 11) is 0. The smallest absolute Gasteiger partial charge is 0.0873 e. The molecule has 0 fully saturated rings. The summed E-state index contributed by atoms with van der Waals surface area (Å²) in [5.74, 6) is 0. The van der Waals surface area contributed by atoms with Gasteiger partial charge in [-0.15, -0.1) is 9.94 Å². The summed E-state index contributed by atoms with van der Waals surface area (Å²) < 4.78 is 0. The maximum Gasteiger partial charge on any atom is 0.0873 e. The Hall–Kier alpha value is -1.52. The highest BCUT2D eigenvalue weighted by atomic mass is 35.5. The summed E-state index contributed by atoms with van der Waals surface area (Å²) in [6, 6.07) is 9.42. The molecule has 0 bridgehead atoms. The van der Waals surface area contributed by atoms with Crippen LogP contribution in [0, 0.1) is 0 Å². The lowest BCUT2D eigenvalue weighted by molar-refractivity contribution is 0.127. The molecule has 0 aliphatic rings. The van der Waals surface area contributed by atoms with Crippen molar-refractivity contribution in [2.75, 3.05) is 6.54 Å². The predicted octanol–water partition coefficient (Wildman–Crippen LogP) is 2.23. The van der Waals surface area contributed by atoms with Crippen molar-refractivity contribution >= 4 is 11.6 Å². The van der Waals surface area contributed by atoms with Crippen LogP contribution in [0.15, 0.2) is 36.5 Å².